The van der Waals surface area contributed by atoms with Crippen molar-refractivity contribution in [1.82, 2.24) is 9.80 Å². The number of urea groups is 1. The normalized spacial score (nSPS) is 28.3. The summed E-state index contributed by atoms with van der Waals surface area (Å²) in [4.78, 5) is 26.9. The highest BCUT2D eigenvalue weighted by molar-refractivity contribution is 5.74. The summed E-state index contributed by atoms with van der Waals surface area (Å²) in [6, 6.07) is 0.0430. The number of carboxylic acid groups (broad SMARTS) is 1. The summed E-state index contributed by atoms with van der Waals surface area (Å²) >= 11 is 0. The van der Waals surface area contributed by atoms with Gasteiger partial charge in [-0.15, -0.1) is 0 Å². The van der Waals surface area contributed by atoms with Crippen LogP contribution >= 0.6 is 0 Å². The van der Waals surface area contributed by atoms with Gasteiger partial charge in [-0.05, 0) is 44.9 Å². The Morgan fingerprint density at radius 2 is 1.71 bits per heavy atom. The maximum absolute atomic E-state index is 12.5. The highest BCUT2D eigenvalue weighted by atomic mass is 16.4. The van der Waals surface area contributed by atoms with Gasteiger partial charge in [-0.1, -0.05) is 0 Å². The van der Waals surface area contributed by atoms with Crippen molar-refractivity contribution < 1.29 is 19.8 Å². The predicted molar refractivity (Wildman–Crippen MR) is 78.0 cm³/mol. The van der Waals surface area contributed by atoms with E-state index >= 15 is 0 Å². The maximum Gasteiger partial charge on any atom is 0.319 e. The SMILES string of the molecule is CC1(O)CCCN(C(=O)N2CCC(CC(=O)O)CC2)CC1. The number of hydrogen-bond acceptors (Lipinski definition) is 3. The number of aliphatic hydroxyl groups is 1. The van der Waals surface area contributed by atoms with Crippen molar-refractivity contribution in [3.05, 3.63) is 0 Å². The van der Waals surface area contributed by atoms with Gasteiger partial charge in [0.2, 0.25) is 0 Å². The van der Waals surface area contributed by atoms with Crippen molar-refractivity contribution in [3.63, 3.8) is 0 Å². The summed E-state index contributed by atoms with van der Waals surface area (Å²) in [6.45, 7) is 4.41. The fourth-order valence-corrected chi connectivity index (χ4v) is 3.23. The summed E-state index contributed by atoms with van der Waals surface area (Å²) in [6.07, 6.45) is 3.92. The average Bonchev–Trinajstić information content (AvgIpc) is 2.59. The lowest BCUT2D eigenvalue weighted by atomic mass is 9.94. The van der Waals surface area contributed by atoms with E-state index in [9.17, 15) is 14.7 Å². The fraction of sp³-hybridized carbons (Fsp3) is 0.867. The summed E-state index contributed by atoms with van der Waals surface area (Å²) in [5.41, 5.74) is -0.663. The first-order chi connectivity index (χ1) is 9.87. The molecular weight excluding hydrogens is 272 g/mol. The van der Waals surface area contributed by atoms with Gasteiger partial charge >= 0.3 is 12.0 Å². The molecule has 2 aliphatic rings. The molecule has 2 fully saturated rings. The third-order valence-electron chi connectivity index (χ3n) is 4.68. The second-order valence-electron chi connectivity index (χ2n) is 6.65. The zero-order chi connectivity index (χ0) is 15.5. The van der Waals surface area contributed by atoms with Gasteiger partial charge < -0.3 is 20.0 Å². The van der Waals surface area contributed by atoms with Gasteiger partial charge in [-0.25, -0.2) is 4.79 Å². The van der Waals surface area contributed by atoms with Crippen molar-refractivity contribution in [3.8, 4) is 0 Å². The van der Waals surface area contributed by atoms with Crippen LogP contribution in [0.4, 0.5) is 4.79 Å². The molecule has 6 nitrogen and oxygen atoms in total. The van der Waals surface area contributed by atoms with Crippen molar-refractivity contribution in [2.45, 2.75) is 51.0 Å². The molecule has 0 spiro atoms. The van der Waals surface area contributed by atoms with Crippen LogP contribution in [0.5, 0.6) is 0 Å². The average molecular weight is 298 g/mol. The Labute approximate surface area is 125 Å². The number of carboxylic acids is 1. The largest absolute Gasteiger partial charge is 0.481 e. The van der Waals surface area contributed by atoms with Crippen molar-refractivity contribution >= 4 is 12.0 Å². The monoisotopic (exact) mass is 298 g/mol. The van der Waals surface area contributed by atoms with E-state index in [1.165, 1.54) is 0 Å². The standard InChI is InChI=1S/C15H26N2O4/c1-15(21)5-2-7-16(10-6-15)14(20)17-8-3-12(4-9-17)11-13(18)19/h12,21H,2-11H2,1H3,(H,18,19). The third-order valence-corrected chi connectivity index (χ3v) is 4.68. The van der Waals surface area contributed by atoms with Crippen LogP contribution in [0.1, 0.15) is 45.4 Å². The first-order valence-corrected chi connectivity index (χ1v) is 7.85. The number of piperidine rings is 1. The molecule has 0 aromatic carbocycles. The molecule has 21 heavy (non-hydrogen) atoms. The predicted octanol–water partition coefficient (Wildman–Crippen LogP) is 1.53. The molecule has 0 saturated carbocycles. The Kier molecular flexibility index (Phi) is 5.08. The van der Waals surface area contributed by atoms with Crippen molar-refractivity contribution in [2.24, 2.45) is 5.92 Å². The van der Waals surface area contributed by atoms with E-state index in [2.05, 4.69) is 0 Å². The first kappa shape index (κ1) is 16.1. The summed E-state index contributed by atoms with van der Waals surface area (Å²) in [5.74, 6) is -0.564. The lowest BCUT2D eigenvalue weighted by Gasteiger charge is -2.35. The Hall–Kier alpha value is -1.30. The number of hydrogen-bond donors (Lipinski definition) is 2. The van der Waals surface area contributed by atoms with Gasteiger partial charge in [0.1, 0.15) is 0 Å². The Morgan fingerprint density at radius 3 is 2.33 bits per heavy atom. The van der Waals surface area contributed by atoms with E-state index in [1.54, 1.807) is 0 Å². The highest BCUT2D eigenvalue weighted by Crippen LogP contribution is 2.24. The number of likely N-dealkylation sites (tertiary alicyclic amines) is 2. The van der Waals surface area contributed by atoms with Gasteiger partial charge in [-0.3, -0.25) is 4.79 Å². The van der Waals surface area contributed by atoms with Crippen LogP contribution in [0.3, 0.4) is 0 Å². The maximum atomic E-state index is 12.5. The molecule has 2 N–H and O–H groups in total. The minimum absolute atomic E-state index is 0.0430. The molecule has 2 saturated heterocycles. The number of aliphatic carboxylic acids is 1. The molecule has 1 atom stereocenters. The zero-order valence-corrected chi connectivity index (χ0v) is 12.8. The quantitative estimate of drug-likeness (QED) is 0.810. The lowest BCUT2D eigenvalue weighted by Crippen LogP contribution is -2.47. The number of nitrogens with zero attached hydrogens (tertiary/aromatic N) is 2. The molecule has 6 heteroatoms. The van der Waals surface area contributed by atoms with Crippen molar-refractivity contribution in [2.75, 3.05) is 26.2 Å². The summed E-state index contributed by atoms with van der Waals surface area (Å²) in [5, 5.41) is 18.9. The lowest BCUT2D eigenvalue weighted by molar-refractivity contribution is -0.138. The molecule has 2 heterocycles. The van der Waals surface area contributed by atoms with Crippen LogP contribution in [-0.2, 0) is 4.79 Å². The Balaban J connectivity index is 1.83. The topological polar surface area (TPSA) is 81.1 Å². The fourth-order valence-electron chi connectivity index (χ4n) is 3.23. The molecule has 2 aliphatic heterocycles. The molecule has 0 aromatic heterocycles. The molecule has 120 valence electrons. The van der Waals surface area contributed by atoms with Gasteiger partial charge in [0, 0.05) is 32.6 Å². The van der Waals surface area contributed by atoms with E-state index in [-0.39, 0.29) is 18.4 Å². The Bertz CT molecular complexity index is 389. The molecule has 2 rings (SSSR count). The molecule has 0 aromatic rings. The summed E-state index contributed by atoms with van der Waals surface area (Å²) < 4.78 is 0. The number of carbonyl (C=O) groups excluding carboxylic acids is 1. The van der Waals surface area contributed by atoms with Gasteiger partial charge in [0.15, 0.2) is 0 Å². The van der Waals surface area contributed by atoms with Crippen LogP contribution in [0.15, 0.2) is 0 Å². The van der Waals surface area contributed by atoms with Gasteiger partial charge in [-0.2, -0.15) is 0 Å². The molecule has 2 amide bonds. The van der Waals surface area contributed by atoms with E-state index in [1.807, 2.05) is 16.7 Å². The minimum atomic E-state index is -0.755. The van der Waals surface area contributed by atoms with E-state index in [0.717, 1.165) is 25.7 Å². The molecule has 0 bridgehead atoms. The van der Waals surface area contributed by atoms with Crippen LogP contribution in [-0.4, -0.2) is 63.8 Å². The first-order valence-electron chi connectivity index (χ1n) is 7.85. The summed E-state index contributed by atoms with van der Waals surface area (Å²) in [7, 11) is 0. The second kappa shape index (κ2) is 6.64. The zero-order valence-electron chi connectivity index (χ0n) is 12.8. The minimum Gasteiger partial charge on any atom is -0.481 e. The molecule has 0 aliphatic carbocycles. The van der Waals surface area contributed by atoms with Crippen LogP contribution in [0.2, 0.25) is 0 Å². The Morgan fingerprint density at radius 1 is 1.10 bits per heavy atom. The number of rotatable bonds is 2. The van der Waals surface area contributed by atoms with Gasteiger partial charge in [0.25, 0.3) is 0 Å². The number of carbonyl (C=O) groups is 2. The van der Waals surface area contributed by atoms with Crippen LogP contribution < -0.4 is 0 Å². The molecule has 1 unspecified atom stereocenters. The van der Waals surface area contributed by atoms with Gasteiger partial charge in [0.05, 0.1) is 5.60 Å². The van der Waals surface area contributed by atoms with E-state index in [0.29, 0.717) is 32.6 Å². The molecular formula is C15H26N2O4. The third kappa shape index (κ3) is 4.59. The number of amides is 2. The molecule has 0 radical (unpaired) electrons. The van der Waals surface area contributed by atoms with E-state index < -0.39 is 11.6 Å². The smallest absolute Gasteiger partial charge is 0.319 e. The van der Waals surface area contributed by atoms with Crippen LogP contribution in [0.25, 0.3) is 0 Å². The second-order valence-corrected chi connectivity index (χ2v) is 6.65. The van der Waals surface area contributed by atoms with E-state index in [4.69, 9.17) is 5.11 Å². The van der Waals surface area contributed by atoms with Crippen molar-refractivity contribution in [1.29, 1.82) is 0 Å². The highest BCUT2D eigenvalue weighted by Gasteiger charge is 2.31. The van der Waals surface area contributed by atoms with Crippen LogP contribution in [0, 0.1) is 5.92 Å².